The van der Waals surface area contributed by atoms with Gasteiger partial charge in [0.05, 0.1) is 17.7 Å². The van der Waals surface area contributed by atoms with Crippen molar-refractivity contribution in [2.75, 3.05) is 32.8 Å². The van der Waals surface area contributed by atoms with Gasteiger partial charge in [0.25, 0.3) is 0 Å². The number of amides is 3. The average Bonchev–Trinajstić information content (AvgIpc) is 2.74. The Morgan fingerprint density at radius 3 is 2.55 bits per heavy atom. The van der Waals surface area contributed by atoms with Gasteiger partial charge in [-0.15, -0.1) is 0 Å². The fraction of sp³-hybridized carbons (Fsp3) is 0.619. The summed E-state index contributed by atoms with van der Waals surface area (Å²) in [6.07, 6.45) is -1.63. The Kier molecular flexibility index (Phi) is 6.35. The zero-order valence-electron chi connectivity index (χ0n) is 17.0. The van der Waals surface area contributed by atoms with Crippen LogP contribution in [0.1, 0.15) is 30.4 Å². The molecule has 3 aliphatic heterocycles. The summed E-state index contributed by atoms with van der Waals surface area (Å²) in [5, 5.41) is 3.03. The number of fused-ring (bicyclic) bond motifs is 1. The molecule has 0 spiro atoms. The first kappa shape index (κ1) is 22.2. The highest BCUT2D eigenvalue weighted by Crippen LogP contribution is 2.33. The Labute approximate surface area is 183 Å². The monoisotopic (exact) mass is 459 g/mol. The predicted molar refractivity (Wildman–Crippen MR) is 108 cm³/mol. The molecule has 3 fully saturated rings. The second-order valence-electron chi connectivity index (χ2n) is 8.48. The third-order valence-corrected chi connectivity index (χ3v) is 6.72. The summed E-state index contributed by atoms with van der Waals surface area (Å²) in [4.78, 5) is 28.1. The van der Waals surface area contributed by atoms with Crippen LogP contribution < -0.4 is 5.32 Å². The second kappa shape index (κ2) is 8.86. The molecule has 1 aromatic rings. The lowest BCUT2D eigenvalue weighted by atomic mass is 9.90. The maximum atomic E-state index is 12.9. The van der Waals surface area contributed by atoms with Crippen LogP contribution in [0.3, 0.4) is 0 Å². The molecule has 31 heavy (non-hydrogen) atoms. The van der Waals surface area contributed by atoms with Crippen LogP contribution in [0.5, 0.6) is 0 Å². The van der Waals surface area contributed by atoms with Crippen LogP contribution in [0.25, 0.3) is 0 Å². The number of hydrogen-bond donors (Lipinski definition) is 1. The van der Waals surface area contributed by atoms with Crippen molar-refractivity contribution >= 4 is 23.5 Å². The van der Waals surface area contributed by atoms with E-state index in [9.17, 15) is 22.8 Å². The topological polar surface area (TPSA) is 61.9 Å². The van der Waals surface area contributed by atoms with E-state index in [1.807, 2.05) is 4.90 Å². The van der Waals surface area contributed by atoms with Crippen molar-refractivity contribution in [1.29, 1.82) is 0 Å². The number of nitrogens with zero attached hydrogens (tertiary/aromatic N) is 2. The van der Waals surface area contributed by atoms with Crippen molar-refractivity contribution in [3.8, 4) is 0 Å². The predicted octanol–water partition coefficient (Wildman–Crippen LogP) is 3.32. The Bertz CT molecular complexity index is 843. The molecule has 0 unspecified atom stereocenters. The summed E-state index contributed by atoms with van der Waals surface area (Å²) in [5.41, 5.74) is -0.0421. The van der Waals surface area contributed by atoms with E-state index >= 15 is 0 Å². The highest BCUT2D eigenvalue weighted by atomic mass is 35.5. The van der Waals surface area contributed by atoms with Gasteiger partial charge in [-0.2, -0.15) is 13.2 Å². The summed E-state index contributed by atoms with van der Waals surface area (Å²) in [7, 11) is 0. The number of nitrogens with one attached hydrogen (secondary N) is 1. The van der Waals surface area contributed by atoms with Gasteiger partial charge in [-0.1, -0.05) is 17.7 Å². The minimum absolute atomic E-state index is 0.0377. The van der Waals surface area contributed by atoms with Crippen LogP contribution in [-0.2, 0) is 22.1 Å². The van der Waals surface area contributed by atoms with Crippen LogP contribution in [0.15, 0.2) is 18.2 Å². The van der Waals surface area contributed by atoms with Gasteiger partial charge in [0.2, 0.25) is 5.91 Å². The normalized spacial score (nSPS) is 25.2. The lowest BCUT2D eigenvalue weighted by Gasteiger charge is -2.43. The first-order valence-corrected chi connectivity index (χ1v) is 10.9. The Balaban J connectivity index is 1.29. The van der Waals surface area contributed by atoms with Crippen LogP contribution in [0.4, 0.5) is 18.0 Å². The molecule has 0 aromatic heterocycles. The van der Waals surface area contributed by atoms with Gasteiger partial charge < -0.3 is 19.9 Å². The smallest absolute Gasteiger partial charge is 0.366 e. The maximum Gasteiger partial charge on any atom is 0.416 e. The van der Waals surface area contributed by atoms with E-state index < -0.39 is 11.7 Å². The molecule has 0 bridgehead atoms. The van der Waals surface area contributed by atoms with Gasteiger partial charge in [0.1, 0.15) is 6.61 Å². The van der Waals surface area contributed by atoms with Gasteiger partial charge in [-0.3, -0.25) is 4.79 Å². The Hall–Kier alpha value is -2.00. The van der Waals surface area contributed by atoms with E-state index in [4.69, 9.17) is 16.3 Å². The molecule has 0 aliphatic carbocycles. The molecule has 1 aromatic carbocycles. The van der Waals surface area contributed by atoms with Crippen molar-refractivity contribution in [1.82, 2.24) is 15.1 Å². The number of halogens is 4. The molecule has 10 heteroatoms. The minimum atomic E-state index is -4.41. The van der Waals surface area contributed by atoms with Crippen molar-refractivity contribution < 1.29 is 27.5 Å². The molecule has 170 valence electrons. The maximum absolute atomic E-state index is 12.9. The molecule has 2 atom stereocenters. The van der Waals surface area contributed by atoms with E-state index in [2.05, 4.69) is 5.32 Å². The molecule has 3 aliphatic rings. The summed E-state index contributed by atoms with van der Waals surface area (Å²) in [5.74, 6) is 0.105. The van der Waals surface area contributed by atoms with E-state index in [1.165, 1.54) is 6.07 Å². The number of piperidine rings is 2. The molecule has 3 amide bonds. The highest BCUT2D eigenvalue weighted by Gasteiger charge is 2.38. The third-order valence-electron chi connectivity index (χ3n) is 6.37. The summed E-state index contributed by atoms with van der Waals surface area (Å²) in [6, 6.07) is 3.29. The fourth-order valence-corrected chi connectivity index (χ4v) is 4.86. The number of benzene rings is 1. The number of morpholine rings is 1. The zero-order valence-corrected chi connectivity index (χ0v) is 17.7. The molecule has 3 saturated heterocycles. The molecular weight excluding hydrogens is 435 g/mol. The van der Waals surface area contributed by atoms with E-state index in [0.29, 0.717) is 44.6 Å². The van der Waals surface area contributed by atoms with Crippen molar-refractivity contribution in [3.63, 3.8) is 0 Å². The van der Waals surface area contributed by atoms with Gasteiger partial charge >= 0.3 is 12.2 Å². The Morgan fingerprint density at radius 1 is 1.16 bits per heavy atom. The number of carbonyl (C=O) groups is 2. The summed E-state index contributed by atoms with van der Waals surface area (Å²) in [6.45, 7) is 2.29. The van der Waals surface area contributed by atoms with Gasteiger partial charge in [-0.25, -0.2) is 4.79 Å². The number of alkyl halides is 3. The molecule has 0 radical (unpaired) electrons. The van der Waals surface area contributed by atoms with Crippen LogP contribution in [-0.4, -0.2) is 66.7 Å². The molecular formula is C21H25ClF3N3O3. The van der Waals surface area contributed by atoms with E-state index in [1.54, 1.807) is 4.90 Å². The second-order valence-corrected chi connectivity index (χ2v) is 8.89. The first-order valence-electron chi connectivity index (χ1n) is 10.5. The first-order chi connectivity index (χ1) is 14.7. The largest absolute Gasteiger partial charge is 0.416 e. The summed E-state index contributed by atoms with van der Waals surface area (Å²) >= 11 is 6.09. The lowest BCUT2D eigenvalue weighted by molar-refractivity contribution is -0.140. The molecule has 6 nitrogen and oxygen atoms in total. The number of urea groups is 1. The van der Waals surface area contributed by atoms with Crippen LogP contribution >= 0.6 is 11.6 Å². The third kappa shape index (κ3) is 5.09. The number of carbonyl (C=O) groups excluding carboxylic acids is 2. The van der Waals surface area contributed by atoms with E-state index in [0.717, 1.165) is 25.0 Å². The van der Waals surface area contributed by atoms with Crippen molar-refractivity contribution in [2.24, 2.45) is 5.92 Å². The molecule has 1 N–H and O–H groups in total. The van der Waals surface area contributed by atoms with E-state index in [-0.39, 0.29) is 41.6 Å². The quantitative estimate of drug-likeness (QED) is 0.738. The van der Waals surface area contributed by atoms with Gasteiger partial charge in [0.15, 0.2) is 0 Å². The average molecular weight is 460 g/mol. The fourth-order valence-electron chi connectivity index (χ4n) is 4.60. The van der Waals surface area contributed by atoms with Gasteiger partial charge in [-0.05, 0) is 49.3 Å². The highest BCUT2D eigenvalue weighted by molar-refractivity contribution is 6.31. The van der Waals surface area contributed by atoms with Crippen LogP contribution in [0, 0.1) is 5.92 Å². The summed E-state index contributed by atoms with van der Waals surface area (Å²) < 4.78 is 44.0. The van der Waals surface area contributed by atoms with Gasteiger partial charge in [0, 0.05) is 31.2 Å². The molecule has 0 saturated carbocycles. The molecule has 3 heterocycles. The van der Waals surface area contributed by atoms with Crippen molar-refractivity contribution in [3.05, 3.63) is 34.3 Å². The Morgan fingerprint density at radius 2 is 1.87 bits per heavy atom. The standard InChI is InChI=1S/C21H25ClF3N3O3/c22-16-10-15(21(23,24)25)2-1-14(16)9-13-3-6-27(7-4-13)20(30)28-8-5-18-17(11-28)26-19(29)12-31-18/h1-2,10,13,17-18H,3-9,11-12H2,(H,26,29)/t17-,18+/m1/s1. The number of ether oxygens (including phenoxy) is 1. The lowest BCUT2D eigenvalue weighted by Crippen LogP contribution is -2.62. The number of likely N-dealkylation sites (tertiary alicyclic amines) is 2. The SMILES string of the molecule is O=C1CO[C@H]2CCN(C(=O)N3CCC(Cc4ccc(C(F)(F)F)cc4Cl)CC3)C[C@H]2N1. The van der Waals surface area contributed by atoms with Crippen LogP contribution in [0.2, 0.25) is 5.02 Å². The number of rotatable bonds is 2. The van der Waals surface area contributed by atoms with Crippen molar-refractivity contribution in [2.45, 2.75) is 44.0 Å². The zero-order chi connectivity index (χ0) is 22.2. The number of hydrogen-bond acceptors (Lipinski definition) is 3. The minimum Gasteiger partial charge on any atom is -0.366 e. The molecule has 4 rings (SSSR count).